The minimum Gasteiger partial charge on any atom is -0.323 e. The van der Waals surface area contributed by atoms with E-state index in [2.05, 4.69) is 5.32 Å². The molecule has 0 bridgehead atoms. The number of amides is 2. The van der Waals surface area contributed by atoms with Crippen LogP contribution in [0.25, 0.3) is 0 Å². The fraction of sp³-hybridized carbons (Fsp3) is 0.300. The number of carbonyl (C=O) groups is 2. The van der Waals surface area contributed by atoms with Crippen molar-refractivity contribution in [2.75, 3.05) is 16.5 Å². The topological polar surface area (TPSA) is 83.5 Å². The summed E-state index contributed by atoms with van der Waals surface area (Å²) in [7, 11) is -3.19. The smallest absolute Gasteiger partial charge is 0.261 e. The van der Waals surface area contributed by atoms with E-state index in [0.717, 1.165) is 10.6 Å². The normalized spacial score (nSPS) is 20.8. The predicted molar refractivity (Wildman–Crippen MR) is 110 cm³/mol. The van der Waals surface area contributed by atoms with Crippen molar-refractivity contribution in [3.8, 4) is 0 Å². The number of sulfone groups is 1. The van der Waals surface area contributed by atoms with Crippen LogP contribution in [0.5, 0.6) is 0 Å². The highest BCUT2D eigenvalue weighted by Crippen LogP contribution is 2.56. The van der Waals surface area contributed by atoms with Crippen LogP contribution in [0, 0.1) is 6.92 Å². The summed E-state index contributed by atoms with van der Waals surface area (Å²) in [6, 6.07) is 12.8. The van der Waals surface area contributed by atoms with E-state index in [0.29, 0.717) is 29.7 Å². The molecule has 0 radical (unpaired) electrons. The molecule has 4 rings (SSSR count). The Bertz CT molecular complexity index is 1100. The predicted octanol–water partition coefficient (Wildman–Crippen LogP) is 3.11. The summed E-state index contributed by atoms with van der Waals surface area (Å²) in [6.07, 6.45) is 1.94. The zero-order chi connectivity index (χ0) is 20.1. The molecule has 2 aliphatic heterocycles. The van der Waals surface area contributed by atoms with Crippen LogP contribution in [0.3, 0.4) is 0 Å². The van der Waals surface area contributed by atoms with Gasteiger partial charge in [-0.25, -0.2) is 8.42 Å². The largest absolute Gasteiger partial charge is 0.323 e. The molecule has 0 unspecified atom stereocenters. The SMILES string of the molecule is Cc1c(CS(C)(=O)=O)cccc1NC(=O)[C@]12CCC(=O)N1c1ccccc1S2. The minimum absolute atomic E-state index is 0.0600. The van der Waals surface area contributed by atoms with E-state index in [9.17, 15) is 18.0 Å². The molecule has 2 amide bonds. The lowest BCUT2D eigenvalue weighted by Gasteiger charge is -2.30. The molecule has 2 aromatic carbocycles. The quantitative estimate of drug-likeness (QED) is 0.828. The van der Waals surface area contributed by atoms with Crippen LogP contribution >= 0.6 is 11.8 Å². The lowest BCUT2D eigenvalue weighted by Crippen LogP contribution is -2.49. The summed E-state index contributed by atoms with van der Waals surface area (Å²) in [6.45, 7) is 1.79. The van der Waals surface area contributed by atoms with E-state index in [4.69, 9.17) is 0 Å². The number of anilines is 2. The van der Waals surface area contributed by atoms with Crippen molar-refractivity contribution in [1.82, 2.24) is 0 Å². The van der Waals surface area contributed by atoms with Gasteiger partial charge in [-0.15, -0.1) is 0 Å². The average Bonchev–Trinajstić information content (AvgIpc) is 3.13. The number of nitrogens with one attached hydrogen (secondary N) is 1. The summed E-state index contributed by atoms with van der Waals surface area (Å²) >= 11 is 1.40. The van der Waals surface area contributed by atoms with Gasteiger partial charge < -0.3 is 5.32 Å². The molecule has 1 N–H and O–H groups in total. The van der Waals surface area contributed by atoms with Crippen LogP contribution in [0.2, 0.25) is 0 Å². The molecule has 2 aliphatic rings. The van der Waals surface area contributed by atoms with Crippen LogP contribution < -0.4 is 10.2 Å². The number of nitrogens with zero attached hydrogens (tertiary/aromatic N) is 1. The van der Waals surface area contributed by atoms with Gasteiger partial charge in [0.25, 0.3) is 5.91 Å². The van der Waals surface area contributed by atoms with Gasteiger partial charge in [-0.3, -0.25) is 14.5 Å². The Morgan fingerprint density at radius 1 is 1.21 bits per heavy atom. The molecule has 28 heavy (non-hydrogen) atoms. The molecule has 146 valence electrons. The number of benzene rings is 2. The van der Waals surface area contributed by atoms with Crippen LogP contribution in [0.1, 0.15) is 24.0 Å². The molecule has 1 saturated heterocycles. The highest BCUT2D eigenvalue weighted by molar-refractivity contribution is 8.02. The summed E-state index contributed by atoms with van der Waals surface area (Å²) in [5.74, 6) is -0.410. The third-order valence-corrected chi connectivity index (χ3v) is 7.45. The molecule has 0 saturated carbocycles. The molecule has 0 aliphatic carbocycles. The third-order valence-electron chi connectivity index (χ3n) is 5.14. The Kier molecular flexibility index (Phi) is 4.50. The molecule has 1 fully saturated rings. The fourth-order valence-electron chi connectivity index (χ4n) is 3.78. The van der Waals surface area contributed by atoms with Crippen LogP contribution in [-0.2, 0) is 25.2 Å². The molecular weight excluding hydrogens is 396 g/mol. The first-order chi connectivity index (χ1) is 13.2. The second-order valence-corrected chi connectivity index (χ2v) is 10.7. The standard InChI is InChI=1S/C20H20N2O4S2/c1-13-14(12-28(2,25)26)6-5-7-15(13)21-19(24)20-11-10-18(23)22(20)16-8-3-4-9-17(16)27-20/h3-9H,10-12H2,1-2H3,(H,21,24)/t20-/m1/s1. The lowest BCUT2D eigenvalue weighted by molar-refractivity contribution is -0.121. The maximum atomic E-state index is 13.3. The third kappa shape index (κ3) is 3.10. The first kappa shape index (κ1) is 19.0. The Morgan fingerprint density at radius 2 is 1.96 bits per heavy atom. The molecule has 6 nitrogen and oxygen atoms in total. The molecule has 0 aromatic heterocycles. The van der Waals surface area contributed by atoms with E-state index in [1.165, 1.54) is 18.0 Å². The number of para-hydroxylation sites is 1. The first-order valence-electron chi connectivity index (χ1n) is 8.90. The summed E-state index contributed by atoms with van der Waals surface area (Å²) in [4.78, 5) is 27.4. The van der Waals surface area contributed by atoms with Gasteiger partial charge in [-0.2, -0.15) is 0 Å². The number of carbonyl (C=O) groups excluding carboxylic acids is 2. The fourth-order valence-corrected chi connectivity index (χ4v) is 6.07. The Hall–Kier alpha value is -2.32. The molecule has 8 heteroatoms. The zero-order valence-corrected chi connectivity index (χ0v) is 17.2. The zero-order valence-electron chi connectivity index (χ0n) is 15.6. The highest BCUT2D eigenvalue weighted by Gasteiger charge is 2.57. The van der Waals surface area contributed by atoms with Crippen molar-refractivity contribution >= 4 is 44.8 Å². The second kappa shape index (κ2) is 6.63. The van der Waals surface area contributed by atoms with Crippen LogP contribution in [0.4, 0.5) is 11.4 Å². The molecule has 2 aromatic rings. The minimum atomic E-state index is -3.19. The highest BCUT2D eigenvalue weighted by atomic mass is 32.2. The summed E-state index contributed by atoms with van der Waals surface area (Å²) < 4.78 is 23.3. The van der Waals surface area contributed by atoms with Crippen molar-refractivity contribution in [3.05, 3.63) is 53.6 Å². The molecule has 0 spiro atoms. The number of fused-ring (bicyclic) bond motifs is 3. The summed E-state index contributed by atoms with van der Waals surface area (Å²) in [5.41, 5.74) is 2.71. The van der Waals surface area contributed by atoms with E-state index in [1.54, 1.807) is 30.0 Å². The van der Waals surface area contributed by atoms with Crippen molar-refractivity contribution in [1.29, 1.82) is 0 Å². The Labute approximate surface area is 168 Å². The average molecular weight is 417 g/mol. The number of rotatable bonds is 4. The Morgan fingerprint density at radius 3 is 2.71 bits per heavy atom. The van der Waals surface area contributed by atoms with Gasteiger partial charge in [0.05, 0.1) is 11.4 Å². The van der Waals surface area contributed by atoms with Gasteiger partial charge in [-0.05, 0) is 42.7 Å². The van der Waals surface area contributed by atoms with Gasteiger partial charge in [-0.1, -0.05) is 36.0 Å². The first-order valence-corrected chi connectivity index (χ1v) is 11.8. The van der Waals surface area contributed by atoms with E-state index in [-0.39, 0.29) is 17.6 Å². The number of hydrogen-bond donors (Lipinski definition) is 1. The van der Waals surface area contributed by atoms with Gasteiger partial charge in [0.1, 0.15) is 0 Å². The van der Waals surface area contributed by atoms with Crippen molar-refractivity contribution in [2.24, 2.45) is 0 Å². The van der Waals surface area contributed by atoms with E-state index in [1.807, 2.05) is 24.3 Å². The summed E-state index contributed by atoms with van der Waals surface area (Å²) in [5, 5.41) is 2.95. The van der Waals surface area contributed by atoms with E-state index >= 15 is 0 Å². The van der Waals surface area contributed by atoms with Crippen molar-refractivity contribution < 1.29 is 18.0 Å². The van der Waals surface area contributed by atoms with Crippen molar-refractivity contribution in [3.63, 3.8) is 0 Å². The maximum absolute atomic E-state index is 13.3. The lowest BCUT2D eigenvalue weighted by atomic mass is 10.1. The Balaban J connectivity index is 1.66. The molecular formula is C20H20N2O4S2. The molecule has 2 heterocycles. The van der Waals surface area contributed by atoms with Crippen LogP contribution in [-0.4, -0.2) is 31.4 Å². The maximum Gasteiger partial charge on any atom is 0.261 e. The number of thioether (sulfide) groups is 1. The number of hydrogen-bond acceptors (Lipinski definition) is 5. The van der Waals surface area contributed by atoms with Gasteiger partial charge in [0, 0.05) is 23.3 Å². The second-order valence-electron chi connectivity index (χ2n) is 7.20. The van der Waals surface area contributed by atoms with Crippen molar-refractivity contribution in [2.45, 2.75) is 35.3 Å². The monoisotopic (exact) mass is 416 g/mol. The van der Waals surface area contributed by atoms with Crippen LogP contribution in [0.15, 0.2) is 47.4 Å². The van der Waals surface area contributed by atoms with Gasteiger partial charge >= 0.3 is 0 Å². The van der Waals surface area contributed by atoms with E-state index < -0.39 is 14.7 Å². The van der Waals surface area contributed by atoms with Gasteiger partial charge in [0.15, 0.2) is 14.7 Å². The van der Waals surface area contributed by atoms with Gasteiger partial charge in [0.2, 0.25) is 5.91 Å². The molecule has 1 atom stereocenters.